The smallest absolute Gasteiger partial charge is 0.125 e. The fraction of sp³-hybridized carbons (Fsp3) is 0.0769. The van der Waals surface area contributed by atoms with E-state index in [1.54, 1.807) is 18.6 Å². The summed E-state index contributed by atoms with van der Waals surface area (Å²) in [5, 5.41) is 4.22. The summed E-state index contributed by atoms with van der Waals surface area (Å²) in [5.74, 6) is 0.876. The van der Waals surface area contributed by atoms with E-state index >= 15 is 0 Å². The molecule has 3 rings (SSSR count). The van der Waals surface area contributed by atoms with Crippen molar-refractivity contribution in [3.05, 3.63) is 48.7 Å². The van der Waals surface area contributed by atoms with Crippen molar-refractivity contribution < 1.29 is 0 Å². The fourth-order valence-corrected chi connectivity index (χ4v) is 1.90. The molecule has 0 bridgehead atoms. The number of nitrogens with zero attached hydrogens (tertiary/aromatic N) is 2. The lowest BCUT2D eigenvalue weighted by molar-refractivity contribution is 1.00. The Morgan fingerprint density at radius 3 is 2.94 bits per heavy atom. The van der Waals surface area contributed by atoms with Crippen molar-refractivity contribution in [2.24, 2.45) is 0 Å². The molecule has 0 aliphatic rings. The summed E-state index contributed by atoms with van der Waals surface area (Å²) in [6, 6.07) is 7.74. The predicted molar refractivity (Wildman–Crippen MR) is 72.1 cm³/mol. The molecule has 3 aromatic rings. The number of anilines is 2. The standard InChI is InChI=1S/C13H13N5/c14-13-9-2-1-5-15-10(9)3-4-11(13)18-8-12-16-6-7-17-12/h1-7,18H,8,14H2,(H,16,17). The van der Waals surface area contributed by atoms with Gasteiger partial charge in [0.25, 0.3) is 0 Å². The minimum absolute atomic E-state index is 0.614. The Morgan fingerprint density at radius 2 is 2.11 bits per heavy atom. The number of nitrogens with two attached hydrogens (primary N) is 1. The first-order valence-electron chi connectivity index (χ1n) is 5.70. The average Bonchev–Trinajstić information content (AvgIpc) is 2.91. The number of hydrogen-bond donors (Lipinski definition) is 3. The maximum atomic E-state index is 6.13. The molecule has 18 heavy (non-hydrogen) atoms. The first-order valence-corrected chi connectivity index (χ1v) is 5.70. The fourth-order valence-electron chi connectivity index (χ4n) is 1.90. The molecular weight excluding hydrogens is 226 g/mol. The number of aromatic amines is 1. The summed E-state index contributed by atoms with van der Waals surface area (Å²) in [7, 11) is 0. The van der Waals surface area contributed by atoms with Gasteiger partial charge >= 0.3 is 0 Å². The van der Waals surface area contributed by atoms with Gasteiger partial charge in [0.2, 0.25) is 0 Å². The van der Waals surface area contributed by atoms with Crippen LogP contribution in [0.25, 0.3) is 10.9 Å². The van der Waals surface area contributed by atoms with Gasteiger partial charge in [-0.1, -0.05) is 0 Å². The molecule has 1 aromatic carbocycles. The summed E-state index contributed by atoms with van der Waals surface area (Å²) in [6.45, 7) is 0.614. The summed E-state index contributed by atoms with van der Waals surface area (Å²) in [4.78, 5) is 11.5. The van der Waals surface area contributed by atoms with Crippen LogP contribution in [0.4, 0.5) is 11.4 Å². The molecule has 0 aliphatic heterocycles. The van der Waals surface area contributed by atoms with Crippen LogP contribution in [-0.4, -0.2) is 15.0 Å². The Kier molecular flexibility index (Phi) is 2.57. The van der Waals surface area contributed by atoms with Crippen LogP contribution in [0, 0.1) is 0 Å². The molecule has 5 nitrogen and oxygen atoms in total. The van der Waals surface area contributed by atoms with Gasteiger partial charge in [0.15, 0.2) is 0 Å². The maximum absolute atomic E-state index is 6.13. The number of rotatable bonds is 3. The SMILES string of the molecule is Nc1c(NCc2ncc[nH]2)ccc2ncccc12. The minimum atomic E-state index is 0.614. The van der Waals surface area contributed by atoms with E-state index in [4.69, 9.17) is 5.73 Å². The quantitative estimate of drug-likeness (QED) is 0.612. The van der Waals surface area contributed by atoms with Gasteiger partial charge in [-0.25, -0.2) is 4.98 Å². The lowest BCUT2D eigenvalue weighted by Gasteiger charge is -2.10. The lowest BCUT2D eigenvalue weighted by atomic mass is 10.1. The van der Waals surface area contributed by atoms with Crippen molar-refractivity contribution in [1.82, 2.24) is 15.0 Å². The topological polar surface area (TPSA) is 79.6 Å². The third-order valence-electron chi connectivity index (χ3n) is 2.83. The monoisotopic (exact) mass is 239 g/mol. The van der Waals surface area contributed by atoms with Crippen LogP contribution >= 0.6 is 0 Å². The first-order chi connectivity index (χ1) is 8.84. The highest BCUT2D eigenvalue weighted by Gasteiger charge is 2.04. The van der Waals surface area contributed by atoms with Gasteiger partial charge in [-0.2, -0.15) is 0 Å². The zero-order chi connectivity index (χ0) is 12.4. The van der Waals surface area contributed by atoms with Crippen LogP contribution in [0.2, 0.25) is 0 Å². The third-order valence-corrected chi connectivity index (χ3v) is 2.83. The number of nitrogens with one attached hydrogen (secondary N) is 2. The second-order valence-corrected chi connectivity index (χ2v) is 3.99. The Bertz CT molecular complexity index is 660. The van der Waals surface area contributed by atoms with Crippen molar-refractivity contribution in [1.29, 1.82) is 0 Å². The largest absolute Gasteiger partial charge is 0.397 e. The Morgan fingerprint density at radius 1 is 1.17 bits per heavy atom. The molecule has 0 aliphatic carbocycles. The van der Waals surface area contributed by atoms with Gasteiger partial charge in [-0.05, 0) is 24.3 Å². The first kappa shape index (κ1) is 10.6. The van der Waals surface area contributed by atoms with Crippen LogP contribution in [0.5, 0.6) is 0 Å². The van der Waals surface area contributed by atoms with Gasteiger partial charge in [0.1, 0.15) is 5.82 Å². The van der Waals surface area contributed by atoms with Crippen LogP contribution in [0.15, 0.2) is 42.9 Å². The molecular formula is C13H13N5. The molecule has 0 amide bonds. The molecule has 2 aromatic heterocycles. The highest BCUT2D eigenvalue weighted by molar-refractivity contribution is 5.96. The predicted octanol–water partition coefficient (Wildman–Crippen LogP) is 2.15. The van der Waals surface area contributed by atoms with Crippen molar-refractivity contribution >= 4 is 22.3 Å². The number of fused-ring (bicyclic) bond motifs is 1. The Labute approximate surface area is 104 Å². The summed E-state index contributed by atoms with van der Waals surface area (Å²) >= 11 is 0. The van der Waals surface area contributed by atoms with Crippen molar-refractivity contribution in [2.45, 2.75) is 6.54 Å². The minimum Gasteiger partial charge on any atom is -0.397 e. The molecule has 0 atom stereocenters. The van der Waals surface area contributed by atoms with Gasteiger partial charge in [-0.3, -0.25) is 4.98 Å². The molecule has 0 saturated carbocycles. The van der Waals surface area contributed by atoms with Crippen LogP contribution in [-0.2, 0) is 6.54 Å². The molecule has 0 saturated heterocycles. The second kappa shape index (κ2) is 4.37. The lowest BCUT2D eigenvalue weighted by Crippen LogP contribution is -2.04. The van der Waals surface area contributed by atoms with Gasteiger partial charge < -0.3 is 16.0 Å². The van der Waals surface area contributed by atoms with E-state index in [1.807, 2.05) is 24.3 Å². The number of aromatic nitrogens is 3. The van der Waals surface area contributed by atoms with Gasteiger partial charge in [0.05, 0.1) is 23.4 Å². The number of pyridine rings is 1. The number of hydrogen-bond acceptors (Lipinski definition) is 4. The highest BCUT2D eigenvalue weighted by Crippen LogP contribution is 2.27. The Hall–Kier alpha value is -2.56. The van der Waals surface area contributed by atoms with Gasteiger partial charge in [0, 0.05) is 24.0 Å². The molecule has 2 heterocycles. The van der Waals surface area contributed by atoms with Crippen molar-refractivity contribution in [3.8, 4) is 0 Å². The third kappa shape index (κ3) is 1.86. The summed E-state index contributed by atoms with van der Waals surface area (Å²) in [5.41, 5.74) is 8.64. The average molecular weight is 239 g/mol. The van der Waals surface area contributed by atoms with Crippen LogP contribution in [0.3, 0.4) is 0 Å². The normalized spacial score (nSPS) is 10.7. The number of nitrogen functional groups attached to an aromatic ring is 1. The Balaban J connectivity index is 1.90. The molecule has 90 valence electrons. The molecule has 0 radical (unpaired) electrons. The number of imidazole rings is 1. The zero-order valence-corrected chi connectivity index (χ0v) is 9.72. The summed E-state index contributed by atoms with van der Waals surface area (Å²) in [6.07, 6.45) is 5.28. The van der Waals surface area contributed by atoms with E-state index in [2.05, 4.69) is 20.3 Å². The second-order valence-electron chi connectivity index (χ2n) is 3.99. The molecule has 5 heteroatoms. The zero-order valence-electron chi connectivity index (χ0n) is 9.72. The maximum Gasteiger partial charge on any atom is 0.125 e. The van der Waals surface area contributed by atoms with E-state index in [-0.39, 0.29) is 0 Å². The molecule has 4 N–H and O–H groups in total. The van der Waals surface area contributed by atoms with Crippen molar-refractivity contribution in [3.63, 3.8) is 0 Å². The van der Waals surface area contributed by atoms with Gasteiger partial charge in [-0.15, -0.1) is 0 Å². The van der Waals surface area contributed by atoms with Crippen LogP contribution < -0.4 is 11.1 Å². The molecule has 0 unspecified atom stereocenters. The van der Waals surface area contributed by atoms with E-state index in [0.29, 0.717) is 12.2 Å². The van der Waals surface area contributed by atoms with Crippen molar-refractivity contribution in [2.75, 3.05) is 11.1 Å². The molecule has 0 fully saturated rings. The van der Waals surface area contributed by atoms with E-state index < -0.39 is 0 Å². The van der Waals surface area contributed by atoms with Crippen LogP contribution in [0.1, 0.15) is 5.82 Å². The van der Waals surface area contributed by atoms with E-state index in [1.165, 1.54) is 0 Å². The number of H-pyrrole nitrogens is 1. The highest BCUT2D eigenvalue weighted by atomic mass is 15.0. The summed E-state index contributed by atoms with van der Waals surface area (Å²) < 4.78 is 0. The molecule has 0 spiro atoms. The van der Waals surface area contributed by atoms with E-state index in [0.717, 1.165) is 22.4 Å². The number of benzene rings is 1. The van der Waals surface area contributed by atoms with E-state index in [9.17, 15) is 0 Å².